The summed E-state index contributed by atoms with van der Waals surface area (Å²) in [5, 5.41) is 7.59. The molecule has 7 heteroatoms. The minimum Gasteiger partial charge on any atom is -0.347 e. The Morgan fingerprint density at radius 1 is 1.22 bits per heavy atom. The summed E-state index contributed by atoms with van der Waals surface area (Å²) in [6.07, 6.45) is 5.16. The molecule has 4 nitrogen and oxygen atoms in total. The van der Waals surface area contributed by atoms with E-state index in [1.807, 2.05) is 30.3 Å². The quantitative estimate of drug-likeness (QED) is 0.870. The summed E-state index contributed by atoms with van der Waals surface area (Å²) >= 11 is 1.45. The second-order valence-electron chi connectivity index (χ2n) is 5.76. The Morgan fingerprint density at radius 2 is 2.00 bits per heavy atom. The minimum atomic E-state index is 0. The van der Waals surface area contributed by atoms with Gasteiger partial charge in [0.2, 0.25) is 0 Å². The fraction of sp³-hybridized carbons (Fsp3) is 0.375. The van der Waals surface area contributed by atoms with E-state index in [0.717, 1.165) is 17.0 Å². The number of thiazole rings is 1. The van der Waals surface area contributed by atoms with Gasteiger partial charge in [-0.15, -0.1) is 36.2 Å². The van der Waals surface area contributed by atoms with Gasteiger partial charge in [0, 0.05) is 23.7 Å². The van der Waals surface area contributed by atoms with Crippen LogP contribution in [0.3, 0.4) is 0 Å². The van der Waals surface area contributed by atoms with Gasteiger partial charge in [-0.05, 0) is 19.3 Å². The molecule has 3 atom stereocenters. The summed E-state index contributed by atoms with van der Waals surface area (Å²) in [5.74, 6) is 0.00836. The second kappa shape index (κ2) is 7.62. The third-order valence-corrected chi connectivity index (χ3v) is 5.41. The van der Waals surface area contributed by atoms with Gasteiger partial charge in [-0.3, -0.25) is 4.79 Å². The van der Waals surface area contributed by atoms with Crippen molar-refractivity contribution in [2.24, 2.45) is 0 Å². The first-order valence-electron chi connectivity index (χ1n) is 7.38. The third kappa shape index (κ3) is 3.69. The van der Waals surface area contributed by atoms with Gasteiger partial charge < -0.3 is 10.6 Å². The number of hydrogen-bond donors (Lipinski definition) is 2. The Morgan fingerprint density at radius 3 is 2.65 bits per heavy atom. The van der Waals surface area contributed by atoms with Gasteiger partial charge in [0.1, 0.15) is 9.88 Å². The Balaban J connectivity index is 0.000000960. The molecule has 124 valence electrons. The lowest BCUT2D eigenvalue weighted by molar-refractivity contribution is 0.0935. The van der Waals surface area contributed by atoms with E-state index < -0.39 is 0 Å². The summed E-state index contributed by atoms with van der Waals surface area (Å²) in [5.41, 5.74) is 1.06. The highest BCUT2D eigenvalue weighted by Gasteiger charge is 2.39. The molecule has 1 aromatic carbocycles. The molecule has 0 radical (unpaired) electrons. The maximum absolute atomic E-state index is 12.4. The molecule has 2 aromatic rings. The van der Waals surface area contributed by atoms with E-state index in [1.165, 1.54) is 24.2 Å². The van der Waals surface area contributed by atoms with Gasteiger partial charge in [-0.25, -0.2) is 4.98 Å². The molecule has 23 heavy (non-hydrogen) atoms. The van der Waals surface area contributed by atoms with Gasteiger partial charge >= 0.3 is 0 Å². The number of amides is 1. The number of halogens is 2. The lowest BCUT2D eigenvalue weighted by Crippen LogP contribution is -2.42. The van der Waals surface area contributed by atoms with Crippen molar-refractivity contribution < 1.29 is 4.79 Å². The standard InChI is InChI=1S/C16H17N3OS.2ClH/c20-15(19-13-8-11-6-7-12(13)18-11)14-9-17-16(21-14)10-4-2-1-3-5-10;;/h1-5,9,11-13,18H,6-8H2,(H,19,20);2*1H/t11-,12+,13-;;/m1../s1. The van der Waals surface area contributed by atoms with Crippen molar-refractivity contribution in [1.29, 1.82) is 0 Å². The fourth-order valence-corrected chi connectivity index (χ4v) is 4.14. The van der Waals surface area contributed by atoms with E-state index in [1.54, 1.807) is 6.20 Å². The van der Waals surface area contributed by atoms with E-state index in [-0.39, 0.29) is 36.8 Å². The first-order valence-corrected chi connectivity index (χ1v) is 8.19. The van der Waals surface area contributed by atoms with Gasteiger partial charge in [0.25, 0.3) is 5.91 Å². The molecule has 4 rings (SSSR count). The van der Waals surface area contributed by atoms with Crippen molar-refractivity contribution >= 4 is 42.1 Å². The SMILES string of the molecule is Cl.Cl.O=C(N[C@@H]1C[C@H]2CC[C@@H]1N2)c1cnc(-c2ccccc2)s1. The Hall–Kier alpha value is -1.14. The maximum Gasteiger partial charge on any atom is 0.263 e. The summed E-state index contributed by atoms with van der Waals surface area (Å²) in [6.45, 7) is 0. The monoisotopic (exact) mass is 371 g/mol. The normalized spacial score (nSPS) is 24.6. The van der Waals surface area contributed by atoms with Crippen molar-refractivity contribution in [1.82, 2.24) is 15.6 Å². The molecule has 2 N–H and O–H groups in total. The zero-order chi connectivity index (χ0) is 14.2. The first kappa shape index (κ1) is 18.2. The van der Waals surface area contributed by atoms with E-state index in [4.69, 9.17) is 0 Å². The van der Waals surface area contributed by atoms with Crippen molar-refractivity contribution in [3.63, 3.8) is 0 Å². The van der Waals surface area contributed by atoms with Crippen LogP contribution < -0.4 is 10.6 Å². The van der Waals surface area contributed by atoms with E-state index in [2.05, 4.69) is 15.6 Å². The summed E-state index contributed by atoms with van der Waals surface area (Å²) in [4.78, 5) is 17.4. The summed E-state index contributed by atoms with van der Waals surface area (Å²) in [6, 6.07) is 11.3. The average molecular weight is 372 g/mol. The van der Waals surface area contributed by atoms with Crippen LogP contribution in [0.5, 0.6) is 0 Å². The molecule has 1 aromatic heterocycles. The van der Waals surface area contributed by atoms with Gasteiger partial charge in [-0.1, -0.05) is 30.3 Å². The van der Waals surface area contributed by atoms with Crippen LogP contribution in [0, 0.1) is 0 Å². The zero-order valence-electron chi connectivity index (χ0n) is 12.4. The smallest absolute Gasteiger partial charge is 0.263 e. The molecule has 0 spiro atoms. The number of aromatic nitrogens is 1. The number of rotatable bonds is 3. The molecule has 2 fully saturated rings. The van der Waals surface area contributed by atoms with Crippen LogP contribution in [0.25, 0.3) is 10.6 Å². The van der Waals surface area contributed by atoms with Crippen LogP contribution in [0.1, 0.15) is 28.9 Å². The predicted octanol–water partition coefficient (Wildman–Crippen LogP) is 3.28. The molecule has 2 saturated heterocycles. The average Bonchev–Trinajstić information content (AvgIpc) is 3.24. The van der Waals surface area contributed by atoms with Crippen LogP contribution >= 0.6 is 36.2 Å². The van der Waals surface area contributed by atoms with E-state index in [9.17, 15) is 4.79 Å². The van der Waals surface area contributed by atoms with Gasteiger partial charge in [0.15, 0.2) is 0 Å². The topological polar surface area (TPSA) is 54.0 Å². The molecule has 2 aliphatic heterocycles. The number of benzene rings is 1. The van der Waals surface area contributed by atoms with Crippen LogP contribution in [-0.2, 0) is 0 Å². The number of nitrogens with one attached hydrogen (secondary N) is 2. The molecule has 0 aliphatic carbocycles. The lowest BCUT2D eigenvalue weighted by Gasteiger charge is -2.20. The van der Waals surface area contributed by atoms with E-state index >= 15 is 0 Å². The highest BCUT2D eigenvalue weighted by atomic mass is 35.5. The molecular weight excluding hydrogens is 353 g/mol. The van der Waals surface area contributed by atoms with Crippen molar-refractivity contribution in [2.75, 3.05) is 0 Å². The zero-order valence-corrected chi connectivity index (χ0v) is 14.8. The fourth-order valence-electron chi connectivity index (χ4n) is 3.32. The Labute approximate surface area is 151 Å². The first-order chi connectivity index (χ1) is 10.3. The molecule has 0 saturated carbocycles. The van der Waals surface area contributed by atoms with Crippen LogP contribution in [0.2, 0.25) is 0 Å². The molecule has 3 heterocycles. The number of hydrogen-bond acceptors (Lipinski definition) is 4. The Kier molecular flexibility index (Phi) is 6.03. The number of carbonyl (C=O) groups excluding carboxylic acids is 1. The van der Waals surface area contributed by atoms with Crippen molar-refractivity contribution in [3.8, 4) is 10.6 Å². The highest BCUT2D eigenvalue weighted by Crippen LogP contribution is 2.29. The predicted molar refractivity (Wildman–Crippen MR) is 97.9 cm³/mol. The highest BCUT2D eigenvalue weighted by molar-refractivity contribution is 7.16. The van der Waals surface area contributed by atoms with Crippen LogP contribution in [0.4, 0.5) is 0 Å². The summed E-state index contributed by atoms with van der Waals surface area (Å²) in [7, 11) is 0. The van der Waals surface area contributed by atoms with Gasteiger partial charge in [-0.2, -0.15) is 0 Å². The molecular formula is C16H19Cl2N3OS. The molecule has 1 amide bonds. The van der Waals surface area contributed by atoms with Crippen LogP contribution in [0.15, 0.2) is 36.5 Å². The van der Waals surface area contributed by atoms with Gasteiger partial charge in [0.05, 0.1) is 6.20 Å². The number of fused-ring (bicyclic) bond motifs is 2. The molecule has 2 bridgehead atoms. The van der Waals surface area contributed by atoms with Crippen LogP contribution in [-0.4, -0.2) is 29.0 Å². The lowest BCUT2D eigenvalue weighted by atomic mass is 9.95. The van der Waals surface area contributed by atoms with Crippen molar-refractivity contribution in [2.45, 2.75) is 37.4 Å². The largest absolute Gasteiger partial charge is 0.347 e. The molecule has 0 unspecified atom stereocenters. The minimum absolute atomic E-state index is 0. The number of carbonyl (C=O) groups is 1. The Bertz CT molecular complexity index is 664. The second-order valence-corrected chi connectivity index (χ2v) is 6.79. The third-order valence-electron chi connectivity index (χ3n) is 4.37. The van der Waals surface area contributed by atoms with Crippen molar-refractivity contribution in [3.05, 3.63) is 41.4 Å². The van der Waals surface area contributed by atoms with E-state index in [0.29, 0.717) is 17.0 Å². The maximum atomic E-state index is 12.4. The number of nitrogens with zero attached hydrogens (tertiary/aromatic N) is 1. The summed E-state index contributed by atoms with van der Waals surface area (Å²) < 4.78 is 0. The molecule has 2 aliphatic rings.